The summed E-state index contributed by atoms with van der Waals surface area (Å²) in [6, 6.07) is 8.90. The fraction of sp³-hybridized carbons (Fsp3) is 0.429. The number of nitrogens with one attached hydrogen (secondary N) is 1. The maximum atomic E-state index is 13.5. The van der Waals surface area contributed by atoms with Crippen molar-refractivity contribution in [3.8, 4) is 10.4 Å². The van der Waals surface area contributed by atoms with Crippen molar-refractivity contribution in [3.05, 3.63) is 52.7 Å². The number of thiophene rings is 1. The summed E-state index contributed by atoms with van der Waals surface area (Å²) >= 11 is 1.16. The Balaban J connectivity index is 1.58. The maximum absolute atomic E-state index is 13.5. The smallest absolute Gasteiger partial charge is 0.348 e. The molecule has 1 aliphatic carbocycles. The lowest BCUT2D eigenvalue weighted by molar-refractivity contribution is -0.123. The number of nitrogens with zero attached hydrogens (tertiary/aromatic N) is 3. The number of hydrogen-bond acceptors (Lipinski definition) is 5. The van der Waals surface area contributed by atoms with Crippen molar-refractivity contribution in [1.29, 1.82) is 0 Å². The lowest BCUT2D eigenvalue weighted by atomic mass is 9.82. The predicted molar refractivity (Wildman–Crippen MR) is 146 cm³/mol. The first-order chi connectivity index (χ1) is 17.5. The van der Waals surface area contributed by atoms with Crippen LogP contribution in [-0.2, 0) is 11.8 Å². The van der Waals surface area contributed by atoms with Crippen LogP contribution >= 0.6 is 11.3 Å². The number of aromatic carboxylic acids is 1. The van der Waals surface area contributed by atoms with E-state index >= 15 is 0 Å². The molecule has 0 atom stereocenters. The van der Waals surface area contributed by atoms with Gasteiger partial charge in [-0.2, -0.15) is 5.10 Å². The van der Waals surface area contributed by atoms with Crippen LogP contribution in [0.15, 0.2) is 36.5 Å². The molecule has 4 rings (SSSR count). The Bertz CT molecular complexity index is 1300. The average molecular weight is 523 g/mol. The van der Waals surface area contributed by atoms with Crippen LogP contribution in [-0.4, -0.2) is 38.7 Å². The zero-order valence-corrected chi connectivity index (χ0v) is 22.8. The minimum Gasteiger partial charge on any atom is -0.477 e. The molecule has 2 aromatic heterocycles. The Morgan fingerprint density at radius 2 is 1.78 bits per heavy atom. The Hall–Kier alpha value is -3.46. The van der Waals surface area contributed by atoms with Crippen molar-refractivity contribution < 1.29 is 19.5 Å². The molecule has 1 fully saturated rings. The van der Waals surface area contributed by atoms with Crippen molar-refractivity contribution in [2.75, 3.05) is 10.2 Å². The van der Waals surface area contributed by atoms with Gasteiger partial charge in [0.25, 0.3) is 5.91 Å². The van der Waals surface area contributed by atoms with Gasteiger partial charge in [-0.25, -0.2) is 4.79 Å². The quantitative estimate of drug-likeness (QED) is 0.397. The standard InChI is InChI=1S/C28H34N4O4S/c1-16(2)32(27(34)20-8-6-17(3)7-9-20)23-14-24(37-25(23)28(35)36)19-10-12-21(13-11-19)29-26(33)22-15-31(5)30-18(22)4/h10-17,20H,6-9H2,1-5H3,(H,29,33)(H,35,36). The fourth-order valence-corrected chi connectivity index (χ4v) is 5.94. The summed E-state index contributed by atoms with van der Waals surface area (Å²) in [6.45, 7) is 7.85. The van der Waals surface area contributed by atoms with E-state index in [1.54, 1.807) is 41.9 Å². The molecule has 0 bridgehead atoms. The first kappa shape index (κ1) is 26.6. The van der Waals surface area contributed by atoms with Gasteiger partial charge in [0, 0.05) is 35.8 Å². The van der Waals surface area contributed by atoms with Crippen LogP contribution in [0.1, 0.15) is 72.2 Å². The summed E-state index contributed by atoms with van der Waals surface area (Å²) in [5.41, 5.74) is 3.05. The van der Waals surface area contributed by atoms with Crippen molar-refractivity contribution in [2.24, 2.45) is 18.9 Å². The number of aromatic nitrogens is 2. The van der Waals surface area contributed by atoms with Gasteiger partial charge in [0.1, 0.15) is 4.88 Å². The molecule has 2 heterocycles. The molecule has 0 saturated heterocycles. The number of rotatable bonds is 7. The van der Waals surface area contributed by atoms with Crippen molar-refractivity contribution in [2.45, 2.75) is 59.4 Å². The van der Waals surface area contributed by atoms with Gasteiger partial charge in [0.2, 0.25) is 5.91 Å². The van der Waals surface area contributed by atoms with E-state index in [9.17, 15) is 19.5 Å². The van der Waals surface area contributed by atoms with Crippen LogP contribution in [0.25, 0.3) is 10.4 Å². The molecule has 2 amide bonds. The van der Waals surface area contributed by atoms with E-state index in [0.29, 0.717) is 28.6 Å². The van der Waals surface area contributed by atoms with Crippen LogP contribution in [0.3, 0.4) is 0 Å². The molecule has 0 unspecified atom stereocenters. The van der Waals surface area contributed by atoms with E-state index in [2.05, 4.69) is 17.3 Å². The van der Waals surface area contributed by atoms with Crippen LogP contribution in [0.2, 0.25) is 0 Å². The van der Waals surface area contributed by atoms with E-state index in [1.807, 2.05) is 32.0 Å². The van der Waals surface area contributed by atoms with Crippen molar-refractivity contribution in [1.82, 2.24) is 9.78 Å². The first-order valence-corrected chi connectivity index (χ1v) is 13.5. The molecule has 1 saturated carbocycles. The Kier molecular flexibility index (Phi) is 7.82. The molecule has 1 aliphatic rings. The van der Waals surface area contributed by atoms with Crippen LogP contribution in [0.4, 0.5) is 11.4 Å². The lowest BCUT2D eigenvalue weighted by Gasteiger charge is -2.33. The number of hydrogen-bond donors (Lipinski definition) is 2. The van der Waals surface area contributed by atoms with Gasteiger partial charge in [-0.15, -0.1) is 11.3 Å². The predicted octanol–water partition coefficient (Wildman–Crippen LogP) is 5.98. The van der Waals surface area contributed by atoms with E-state index in [-0.39, 0.29) is 28.7 Å². The summed E-state index contributed by atoms with van der Waals surface area (Å²) in [4.78, 5) is 40.9. The largest absolute Gasteiger partial charge is 0.477 e. The monoisotopic (exact) mass is 522 g/mol. The number of carboxylic acids is 1. The molecule has 37 heavy (non-hydrogen) atoms. The van der Waals surface area contributed by atoms with Crippen molar-refractivity contribution in [3.63, 3.8) is 0 Å². The van der Waals surface area contributed by atoms with Gasteiger partial charge in [0.15, 0.2) is 0 Å². The number of anilines is 2. The molecule has 196 valence electrons. The number of aryl methyl sites for hydroxylation is 2. The molecular weight excluding hydrogens is 488 g/mol. The minimum atomic E-state index is -1.04. The maximum Gasteiger partial charge on any atom is 0.348 e. The van der Waals surface area contributed by atoms with Crippen LogP contribution in [0.5, 0.6) is 0 Å². The van der Waals surface area contributed by atoms with E-state index in [1.165, 1.54) is 0 Å². The highest BCUT2D eigenvalue weighted by Crippen LogP contribution is 2.40. The zero-order chi connectivity index (χ0) is 26.9. The molecule has 3 aromatic rings. The molecule has 0 aliphatic heterocycles. The Morgan fingerprint density at radius 3 is 2.32 bits per heavy atom. The van der Waals surface area contributed by atoms with Gasteiger partial charge in [-0.05, 0) is 76.1 Å². The molecule has 9 heteroatoms. The number of carboxylic acid groups (broad SMARTS) is 1. The van der Waals surface area contributed by atoms with Gasteiger partial charge >= 0.3 is 5.97 Å². The molecule has 8 nitrogen and oxygen atoms in total. The highest BCUT2D eigenvalue weighted by atomic mass is 32.1. The first-order valence-electron chi connectivity index (χ1n) is 12.7. The third kappa shape index (κ3) is 5.77. The Labute approximate surface area is 221 Å². The minimum absolute atomic E-state index is 0.0116. The van der Waals surface area contributed by atoms with E-state index in [4.69, 9.17) is 0 Å². The highest BCUT2D eigenvalue weighted by Gasteiger charge is 2.33. The average Bonchev–Trinajstić information content (AvgIpc) is 3.43. The number of amides is 2. The summed E-state index contributed by atoms with van der Waals surface area (Å²) in [5.74, 6) is -0.724. The summed E-state index contributed by atoms with van der Waals surface area (Å²) in [7, 11) is 1.77. The van der Waals surface area contributed by atoms with Gasteiger partial charge < -0.3 is 15.3 Å². The molecule has 0 radical (unpaired) electrons. The third-order valence-electron chi connectivity index (χ3n) is 6.97. The zero-order valence-electron chi connectivity index (χ0n) is 21.9. The lowest BCUT2D eigenvalue weighted by Crippen LogP contribution is -2.42. The summed E-state index contributed by atoms with van der Waals surface area (Å²) in [5, 5.41) is 17.1. The van der Waals surface area contributed by atoms with Gasteiger partial charge in [-0.3, -0.25) is 14.3 Å². The molecular formula is C28H34N4O4S. The van der Waals surface area contributed by atoms with Crippen LogP contribution < -0.4 is 10.2 Å². The SMILES string of the molecule is Cc1nn(C)cc1C(=O)Nc1ccc(-c2cc(N(C(=O)C3CCC(C)CC3)C(C)C)c(C(=O)O)s2)cc1. The normalized spacial score (nSPS) is 17.6. The van der Waals surface area contributed by atoms with Gasteiger partial charge in [0.05, 0.1) is 16.9 Å². The second-order valence-electron chi connectivity index (χ2n) is 10.2. The summed E-state index contributed by atoms with van der Waals surface area (Å²) < 4.78 is 1.60. The van der Waals surface area contributed by atoms with E-state index < -0.39 is 5.97 Å². The highest BCUT2D eigenvalue weighted by molar-refractivity contribution is 7.18. The number of benzene rings is 1. The second kappa shape index (κ2) is 10.9. The van der Waals surface area contributed by atoms with Crippen molar-refractivity contribution >= 4 is 40.5 Å². The van der Waals surface area contributed by atoms with Crippen LogP contribution in [0, 0.1) is 18.8 Å². The van der Waals surface area contributed by atoms with Gasteiger partial charge in [-0.1, -0.05) is 19.1 Å². The third-order valence-corrected chi connectivity index (χ3v) is 8.13. The van der Waals surface area contributed by atoms with E-state index in [0.717, 1.165) is 47.5 Å². The fourth-order valence-electron chi connectivity index (χ4n) is 4.95. The molecule has 0 spiro atoms. The second-order valence-corrected chi connectivity index (χ2v) is 11.3. The summed E-state index contributed by atoms with van der Waals surface area (Å²) in [6.07, 6.45) is 5.40. The molecule has 1 aromatic carbocycles. The number of carbonyl (C=O) groups excluding carboxylic acids is 2. The number of carbonyl (C=O) groups is 3. The topological polar surface area (TPSA) is 105 Å². The molecule has 2 N–H and O–H groups in total. The Morgan fingerprint density at radius 1 is 1.14 bits per heavy atom.